The lowest BCUT2D eigenvalue weighted by Crippen LogP contribution is -2.53. The summed E-state index contributed by atoms with van der Waals surface area (Å²) < 4.78 is 5.30. The van der Waals surface area contributed by atoms with Crippen LogP contribution < -0.4 is 10.6 Å². The molecule has 34 heavy (non-hydrogen) atoms. The molecule has 2 heterocycles. The first kappa shape index (κ1) is 23.3. The van der Waals surface area contributed by atoms with Crippen molar-refractivity contribution in [1.29, 1.82) is 0 Å². The monoisotopic (exact) mass is 459 g/mol. The Bertz CT molecular complexity index is 1080. The Balaban J connectivity index is 1.39. The van der Waals surface area contributed by atoms with Gasteiger partial charge in [0, 0.05) is 18.7 Å². The number of carbonyl (C=O) groups is 3. The second-order valence-corrected chi connectivity index (χ2v) is 8.49. The predicted molar refractivity (Wildman–Crippen MR) is 128 cm³/mol. The summed E-state index contributed by atoms with van der Waals surface area (Å²) >= 11 is 0. The molecule has 3 aromatic rings. The van der Waals surface area contributed by atoms with Crippen LogP contribution in [0.3, 0.4) is 0 Å². The third kappa shape index (κ3) is 6.13. The van der Waals surface area contributed by atoms with Crippen LogP contribution in [0, 0.1) is 5.92 Å². The number of carbonyl (C=O) groups excluding carboxylic acids is 3. The quantitative estimate of drug-likeness (QED) is 0.541. The molecule has 0 radical (unpaired) electrons. The molecule has 4 rings (SSSR count). The lowest BCUT2D eigenvalue weighted by molar-refractivity contribution is -0.132. The van der Waals surface area contributed by atoms with E-state index in [4.69, 9.17) is 4.42 Å². The van der Waals surface area contributed by atoms with Crippen molar-refractivity contribution in [3.8, 4) is 0 Å². The highest BCUT2D eigenvalue weighted by Crippen LogP contribution is 2.22. The Morgan fingerprint density at radius 2 is 1.59 bits per heavy atom. The van der Waals surface area contributed by atoms with Crippen LogP contribution in [0.2, 0.25) is 0 Å². The molecule has 1 atom stereocenters. The van der Waals surface area contributed by atoms with Crippen LogP contribution in [0.15, 0.2) is 83.5 Å². The molecule has 1 fully saturated rings. The lowest BCUT2D eigenvalue weighted by atomic mass is 9.88. The first-order chi connectivity index (χ1) is 16.6. The van der Waals surface area contributed by atoms with Crippen molar-refractivity contribution in [2.24, 2.45) is 5.92 Å². The molecule has 1 aliphatic heterocycles. The van der Waals surface area contributed by atoms with Gasteiger partial charge in [0.05, 0.1) is 19.2 Å². The lowest BCUT2D eigenvalue weighted by Gasteiger charge is -2.36. The van der Waals surface area contributed by atoms with Gasteiger partial charge >= 0.3 is 0 Å². The van der Waals surface area contributed by atoms with E-state index in [-0.39, 0.29) is 30.2 Å². The minimum absolute atomic E-state index is 0.0787. The SMILES string of the molecule is O=C(NC(C(=O)NCc1ccco1)C1CCN(C(=O)Cc2ccccc2)CC1)c1ccccc1. The van der Waals surface area contributed by atoms with Gasteiger partial charge in [0.15, 0.2) is 0 Å². The van der Waals surface area contributed by atoms with Gasteiger partial charge in [0.1, 0.15) is 11.8 Å². The predicted octanol–water partition coefficient (Wildman–Crippen LogP) is 3.18. The van der Waals surface area contributed by atoms with Gasteiger partial charge in [-0.15, -0.1) is 0 Å². The summed E-state index contributed by atoms with van der Waals surface area (Å²) in [5.74, 6) is 0.0979. The Kier molecular flexibility index (Phi) is 7.75. The fraction of sp³-hybridized carbons (Fsp3) is 0.296. The van der Waals surface area contributed by atoms with Crippen molar-refractivity contribution in [3.05, 3.63) is 95.9 Å². The maximum atomic E-state index is 13.1. The van der Waals surface area contributed by atoms with Gasteiger partial charge in [-0.3, -0.25) is 14.4 Å². The zero-order valence-electron chi connectivity index (χ0n) is 19.0. The van der Waals surface area contributed by atoms with Crippen molar-refractivity contribution < 1.29 is 18.8 Å². The van der Waals surface area contributed by atoms with Gasteiger partial charge in [-0.25, -0.2) is 0 Å². The second-order valence-electron chi connectivity index (χ2n) is 8.49. The summed E-state index contributed by atoms with van der Waals surface area (Å²) in [6.07, 6.45) is 3.19. The summed E-state index contributed by atoms with van der Waals surface area (Å²) in [6.45, 7) is 1.36. The van der Waals surface area contributed by atoms with E-state index < -0.39 is 6.04 Å². The van der Waals surface area contributed by atoms with Crippen LogP contribution in [-0.4, -0.2) is 41.8 Å². The van der Waals surface area contributed by atoms with Crippen molar-refractivity contribution in [1.82, 2.24) is 15.5 Å². The standard InChI is InChI=1S/C27H29N3O4/c31-24(18-20-8-3-1-4-9-20)30-15-13-21(14-16-30)25(27(33)28-19-23-12-7-17-34-23)29-26(32)22-10-5-2-6-11-22/h1-12,17,21,25H,13-16,18-19H2,(H,28,33)(H,29,32). The minimum Gasteiger partial charge on any atom is -0.467 e. The molecule has 1 unspecified atom stereocenters. The number of amides is 3. The smallest absolute Gasteiger partial charge is 0.251 e. The van der Waals surface area contributed by atoms with Crippen molar-refractivity contribution in [2.75, 3.05) is 13.1 Å². The van der Waals surface area contributed by atoms with Crippen LogP contribution in [0.5, 0.6) is 0 Å². The Labute approximate surface area is 199 Å². The molecule has 1 aliphatic rings. The van der Waals surface area contributed by atoms with Gasteiger partial charge in [0.25, 0.3) is 5.91 Å². The maximum absolute atomic E-state index is 13.1. The largest absolute Gasteiger partial charge is 0.467 e. The summed E-state index contributed by atoms with van der Waals surface area (Å²) in [5.41, 5.74) is 1.49. The van der Waals surface area contributed by atoms with Crippen LogP contribution in [-0.2, 0) is 22.6 Å². The van der Waals surface area contributed by atoms with Crippen molar-refractivity contribution in [3.63, 3.8) is 0 Å². The molecular formula is C27H29N3O4. The number of hydrogen-bond acceptors (Lipinski definition) is 4. The van der Waals surface area contributed by atoms with Gasteiger partial charge in [-0.1, -0.05) is 48.5 Å². The summed E-state index contributed by atoms with van der Waals surface area (Å²) in [6, 6.07) is 21.4. The normalized spacial score (nSPS) is 14.9. The molecule has 0 saturated carbocycles. The first-order valence-corrected chi connectivity index (χ1v) is 11.6. The topological polar surface area (TPSA) is 91.7 Å². The number of hydrogen-bond donors (Lipinski definition) is 2. The zero-order chi connectivity index (χ0) is 23.8. The fourth-order valence-corrected chi connectivity index (χ4v) is 4.27. The molecule has 0 bridgehead atoms. The Morgan fingerprint density at radius 1 is 0.912 bits per heavy atom. The molecule has 0 spiro atoms. The maximum Gasteiger partial charge on any atom is 0.251 e. The summed E-state index contributed by atoms with van der Waals surface area (Å²) in [7, 11) is 0. The summed E-state index contributed by atoms with van der Waals surface area (Å²) in [4.78, 5) is 40.5. The molecule has 7 nitrogen and oxygen atoms in total. The van der Waals surface area contributed by atoms with Crippen LogP contribution in [0.4, 0.5) is 0 Å². The van der Waals surface area contributed by atoms with E-state index in [9.17, 15) is 14.4 Å². The first-order valence-electron chi connectivity index (χ1n) is 11.6. The zero-order valence-corrected chi connectivity index (χ0v) is 19.0. The van der Waals surface area contributed by atoms with E-state index in [1.165, 1.54) is 0 Å². The molecule has 0 aliphatic carbocycles. The Morgan fingerprint density at radius 3 is 2.24 bits per heavy atom. The average Bonchev–Trinajstić information content (AvgIpc) is 3.41. The number of furan rings is 1. The van der Waals surface area contributed by atoms with E-state index in [2.05, 4.69) is 10.6 Å². The van der Waals surface area contributed by atoms with E-state index in [1.807, 2.05) is 41.3 Å². The minimum atomic E-state index is -0.700. The van der Waals surface area contributed by atoms with E-state index >= 15 is 0 Å². The average molecular weight is 460 g/mol. The number of benzene rings is 2. The highest BCUT2D eigenvalue weighted by Gasteiger charge is 2.34. The van der Waals surface area contributed by atoms with E-state index in [0.29, 0.717) is 43.7 Å². The third-order valence-corrected chi connectivity index (χ3v) is 6.18. The number of piperidine rings is 1. The van der Waals surface area contributed by atoms with Crippen LogP contribution in [0.1, 0.15) is 34.5 Å². The van der Waals surface area contributed by atoms with Gasteiger partial charge in [-0.05, 0) is 48.6 Å². The van der Waals surface area contributed by atoms with Gasteiger partial charge in [0.2, 0.25) is 11.8 Å². The molecule has 3 amide bonds. The number of likely N-dealkylation sites (tertiary alicyclic amines) is 1. The molecule has 1 saturated heterocycles. The highest BCUT2D eigenvalue weighted by molar-refractivity contribution is 5.97. The third-order valence-electron chi connectivity index (χ3n) is 6.18. The second kappa shape index (κ2) is 11.3. The molecular weight excluding hydrogens is 430 g/mol. The highest BCUT2D eigenvalue weighted by atomic mass is 16.3. The fourth-order valence-electron chi connectivity index (χ4n) is 4.27. The number of nitrogens with one attached hydrogen (secondary N) is 2. The molecule has 176 valence electrons. The van der Waals surface area contributed by atoms with Gasteiger partial charge in [-0.2, -0.15) is 0 Å². The van der Waals surface area contributed by atoms with E-state index in [0.717, 1.165) is 5.56 Å². The molecule has 2 N–H and O–H groups in total. The van der Waals surface area contributed by atoms with Crippen LogP contribution >= 0.6 is 0 Å². The molecule has 2 aromatic carbocycles. The van der Waals surface area contributed by atoms with Crippen molar-refractivity contribution >= 4 is 17.7 Å². The molecule has 7 heteroatoms. The summed E-state index contributed by atoms with van der Waals surface area (Å²) in [5, 5.41) is 5.81. The number of rotatable bonds is 8. The Hall–Kier alpha value is -3.87. The van der Waals surface area contributed by atoms with Gasteiger partial charge < -0.3 is 20.0 Å². The number of nitrogens with zero attached hydrogens (tertiary/aromatic N) is 1. The molecule has 1 aromatic heterocycles. The van der Waals surface area contributed by atoms with Crippen LogP contribution in [0.25, 0.3) is 0 Å². The van der Waals surface area contributed by atoms with Crippen molar-refractivity contribution in [2.45, 2.75) is 31.8 Å². The van der Waals surface area contributed by atoms with E-state index in [1.54, 1.807) is 42.7 Å².